The molecule has 0 bridgehead atoms. The van der Waals surface area contributed by atoms with Gasteiger partial charge in [0.05, 0.1) is 18.3 Å². The van der Waals surface area contributed by atoms with Crippen molar-refractivity contribution in [1.82, 2.24) is 15.5 Å². The number of aliphatic hydroxyl groups excluding tert-OH is 1. The lowest BCUT2D eigenvalue weighted by molar-refractivity contribution is -0.123. The number of rotatable bonds is 7. The highest BCUT2D eigenvalue weighted by Crippen LogP contribution is 2.38. The predicted molar refractivity (Wildman–Crippen MR) is 87.6 cm³/mol. The molecular weight excluding hydrogens is 290 g/mol. The number of carbonyl (C=O) groups excluding carboxylic acids is 1. The Balaban J connectivity index is 1.54. The lowest BCUT2D eigenvalue weighted by Crippen LogP contribution is -2.41. The van der Waals surface area contributed by atoms with Crippen molar-refractivity contribution in [3.63, 3.8) is 0 Å². The first-order chi connectivity index (χ1) is 11.2. The quantitative estimate of drug-likeness (QED) is 0.734. The molecule has 1 aliphatic carbocycles. The molecule has 1 aromatic heterocycles. The molecule has 0 unspecified atom stereocenters. The van der Waals surface area contributed by atoms with Crippen LogP contribution >= 0.6 is 0 Å². The summed E-state index contributed by atoms with van der Waals surface area (Å²) in [6, 6.07) is 10.0. The van der Waals surface area contributed by atoms with Gasteiger partial charge in [-0.05, 0) is 42.7 Å². The van der Waals surface area contributed by atoms with Crippen LogP contribution in [-0.2, 0) is 11.2 Å². The molecule has 2 aromatic rings. The summed E-state index contributed by atoms with van der Waals surface area (Å²) in [7, 11) is 0. The maximum Gasteiger partial charge on any atom is 0.220 e. The number of hydrogen-bond acceptors (Lipinski definition) is 3. The van der Waals surface area contributed by atoms with Gasteiger partial charge in [0, 0.05) is 12.6 Å². The van der Waals surface area contributed by atoms with Crippen molar-refractivity contribution in [3.8, 4) is 0 Å². The third-order valence-electron chi connectivity index (χ3n) is 4.52. The van der Waals surface area contributed by atoms with Crippen LogP contribution in [0, 0.1) is 5.92 Å². The summed E-state index contributed by atoms with van der Waals surface area (Å²) in [5.41, 5.74) is 2.24. The summed E-state index contributed by atoms with van der Waals surface area (Å²) in [4.78, 5) is 12.3. The van der Waals surface area contributed by atoms with Crippen molar-refractivity contribution in [2.24, 2.45) is 5.92 Å². The molecule has 5 nitrogen and oxygen atoms in total. The number of aliphatic hydroxyl groups is 1. The number of hydrogen-bond donors (Lipinski definition) is 3. The molecule has 122 valence electrons. The Kier molecular flexibility index (Phi) is 5.08. The van der Waals surface area contributed by atoms with E-state index in [4.69, 9.17) is 0 Å². The van der Waals surface area contributed by atoms with Gasteiger partial charge >= 0.3 is 0 Å². The van der Waals surface area contributed by atoms with Gasteiger partial charge in [-0.1, -0.05) is 30.3 Å². The summed E-state index contributed by atoms with van der Waals surface area (Å²) in [6.07, 6.45) is 7.11. The molecule has 0 spiro atoms. The second-order valence-corrected chi connectivity index (χ2v) is 6.30. The summed E-state index contributed by atoms with van der Waals surface area (Å²) < 4.78 is 0. The van der Waals surface area contributed by atoms with E-state index in [0.717, 1.165) is 36.8 Å². The minimum absolute atomic E-state index is 0.000949. The summed E-state index contributed by atoms with van der Waals surface area (Å²) >= 11 is 0. The number of nitrogens with one attached hydrogen (secondary N) is 2. The molecule has 1 amide bonds. The van der Waals surface area contributed by atoms with E-state index in [0.29, 0.717) is 12.3 Å². The van der Waals surface area contributed by atoms with Gasteiger partial charge in [0.2, 0.25) is 5.91 Å². The highest BCUT2D eigenvalue weighted by molar-refractivity contribution is 5.76. The summed E-state index contributed by atoms with van der Waals surface area (Å²) in [6.45, 7) is 0. The van der Waals surface area contributed by atoms with Gasteiger partial charge in [-0.25, -0.2) is 0 Å². The van der Waals surface area contributed by atoms with E-state index in [2.05, 4.69) is 15.5 Å². The second kappa shape index (κ2) is 7.42. The number of aromatic amines is 1. The monoisotopic (exact) mass is 313 g/mol. The average Bonchev–Trinajstić information content (AvgIpc) is 3.04. The highest BCUT2D eigenvalue weighted by Gasteiger charge is 2.35. The maximum atomic E-state index is 12.3. The molecule has 0 radical (unpaired) electrons. The molecule has 1 atom stereocenters. The Bertz CT molecular complexity index is 606. The van der Waals surface area contributed by atoms with Gasteiger partial charge in [-0.3, -0.25) is 9.89 Å². The van der Waals surface area contributed by atoms with Crippen LogP contribution in [0.3, 0.4) is 0 Å². The first-order valence-corrected chi connectivity index (χ1v) is 8.22. The standard InChI is InChI=1S/C18H23N3O2/c22-16-9-15(10-16)18(14-6-2-1-3-7-14)21-17(23)8-4-5-13-11-19-20-12-13/h1-3,6-7,11-12,15-16,18,22H,4-5,8-10H2,(H,19,20)(H,21,23)/t15?,16?,18-/m1/s1. The smallest absolute Gasteiger partial charge is 0.220 e. The Morgan fingerprint density at radius 2 is 2.13 bits per heavy atom. The number of carbonyl (C=O) groups is 1. The van der Waals surface area contributed by atoms with Crippen LogP contribution in [0.15, 0.2) is 42.7 Å². The molecule has 0 saturated heterocycles. The largest absolute Gasteiger partial charge is 0.393 e. The lowest BCUT2D eigenvalue weighted by atomic mass is 9.75. The van der Waals surface area contributed by atoms with Crippen LogP contribution in [0.4, 0.5) is 0 Å². The zero-order valence-corrected chi connectivity index (χ0v) is 13.1. The topological polar surface area (TPSA) is 78.0 Å². The molecule has 3 rings (SSSR count). The minimum Gasteiger partial charge on any atom is -0.393 e. The minimum atomic E-state index is -0.218. The summed E-state index contributed by atoms with van der Waals surface area (Å²) in [5, 5.41) is 19.4. The number of aryl methyl sites for hydroxylation is 1. The van der Waals surface area contributed by atoms with Gasteiger partial charge in [-0.15, -0.1) is 0 Å². The second-order valence-electron chi connectivity index (χ2n) is 6.30. The van der Waals surface area contributed by atoms with Crippen LogP contribution in [0.2, 0.25) is 0 Å². The number of amides is 1. The number of benzene rings is 1. The summed E-state index contributed by atoms with van der Waals surface area (Å²) in [5.74, 6) is 0.397. The fourth-order valence-corrected chi connectivity index (χ4v) is 3.15. The van der Waals surface area contributed by atoms with E-state index >= 15 is 0 Å². The molecule has 5 heteroatoms. The first-order valence-electron chi connectivity index (χ1n) is 8.22. The van der Waals surface area contributed by atoms with Crippen molar-refractivity contribution in [2.75, 3.05) is 0 Å². The fourth-order valence-electron chi connectivity index (χ4n) is 3.15. The fraction of sp³-hybridized carbons (Fsp3) is 0.444. The van der Waals surface area contributed by atoms with Crippen molar-refractivity contribution in [3.05, 3.63) is 53.9 Å². The van der Waals surface area contributed by atoms with Gasteiger partial charge in [0.1, 0.15) is 0 Å². The normalized spacial score (nSPS) is 21.4. The molecular formula is C18H23N3O2. The van der Waals surface area contributed by atoms with Crippen molar-refractivity contribution >= 4 is 5.91 Å². The van der Waals surface area contributed by atoms with Crippen LogP contribution < -0.4 is 5.32 Å². The van der Waals surface area contributed by atoms with Crippen molar-refractivity contribution < 1.29 is 9.90 Å². The van der Waals surface area contributed by atoms with E-state index < -0.39 is 0 Å². The molecule has 3 N–H and O–H groups in total. The zero-order chi connectivity index (χ0) is 16.1. The average molecular weight is 313 g/mol. The van der Waals surface area contributed by atoms with E-state index in [-0.39, 0.29) is 18.1 Å². The molecule has 1 saturated carbocycles. The predicted octanol–water partition coefficient (Wildman–Crippen LogP) is 2.36. The Morgan fingerprint density at radius 1 is 1.35 bits per heavy atom. The lowest BCUT2D eigenvalue weighted by Gasteiger charge is -2.38. The SMILES string of the molecule is O=C(CCCc1cn[nH]c1)N[C@H](c1ccccc1)C1CC(O)C1. The molecule has 1 aromatic carbocycles. The van der Waals surface area contributed by atoms with Crippen LogP contribution in [0.25, 0.3) is 0 Å². The Morgan fingerprint density at radius 3 is 2.78 bits per heavy atom. The van der Waals surface area contributed by atoms with Crippen LogP contribution in [0.5, 0.6) is 0 Å². The van der Waals surface area contributed by atoms with Gasteiger partial charge < -0.3 is 10.4 Å². The first kappa shape index (κ1) is 15.7. The molecule has 0 aliphatic heterocycles. The van der Waals surface area contributed by atoms with E-state index in [1.165, 1.54) is 0 Å². The van der Waals surface area contributed by atoms with Crippen LogP contribution in [-0.4, -0.2) is 27.3 Å². The van der Waals surface area contributed by atoms with E-state index in [1.807, 2.05) is 36.5 Å². The molecule has 1 fully saturated rings. The number of aromatic nitrogens is 2. The maximum absolute atomic E-state index is 12.3. The van der Waals surface area contributed by atoms with Crippen molar-refractivity contribution in [2.45, 2.75) is 44.2 Å². The molecule has 23 heavy (non-hydrogen) atoms. The molecule has 1 aliphatic rings. The van der Waals surface area contributed by atoms with Crippen molar-refractivity contribution in [1.29, 1.82) is 0 Å². The third-order valence-corrected chi connectivity index (χ3v) is 4.52. The van der Waals surface area contributed by atoms with E-state index in [9.17, 15) is 9.90 Å². The zero-order valence-electron chi connectivity index (χ0n) is 13.1. The Hall–Kier alpha value is -2.14. The molecule has 1 heterocycles. The Labute approximate surface area is 136 Å². The number of nitrogens with zero attached hydrogens (tertiary/aromatic N) is 1. The van der Waals surface area contributed by atoms with Gasteiger partial charge in [-0.2, -0.15) is 5.10 Å². The van der Waals surface area contributed by atoms with Gasteiger partial charge in [0.25, 0.3) is 0 Å². The number of H-pyrrole nitrogens is 1. The van der Waals surface area contributed by atoms with Crippen LogP contribution in [0.1, 0.15) is 42.9 Å². The third kappa shape index (κ3) is 4.20. The van der Waals surface area contributed by atoms with E-state index in [1.54, 1.807) is 6.20 Å². The highest BCUT2D eigenvalue weighted by atomic mass is 16.3. The van der Waals surface area contributed by atoms with Gasteiger partial charge in [0.15, 0.2) is 0 Å².